The Bertz CT molecular complexity index is 1200. The lowest BCUT2D eigenvalue weighted by Crippen LogP contribution is -2.50. The molecule has 0 saturated carbocycles. The van der Waals surface area contributed by atoms with Crippen molar-refractivity contribution in [3.63, 3.8) is 0 Å². The number of benzene rings is 2. The van der Waals surface area contributed by atoms with E-state index in [1.165, 1.54) is 16.7 Å². The van der Waals surface area contributed by atoms with Gasteiger partial charge in [0.15, 0.2) is 0 Å². The molecule has 12 heteroatoms. The lowest BCUT2D eigenvalue weighted by molar-refractivity contribution is -0.327. The molecule has 7 nitrogen and oxygen atoms in total. The minimum absolute atomic E-state index is 0.0976. The summed E-state index contributed by atoms with van der Waals surface area (Å²) in [7, 11) is 0. The van der Waals surface area contributed by atoms with Crippen molar-refractivity contribution in [1.82, 2.24) is 4.57 Å². The molecule has 1 aromatic heterocycles. The zero-order valence-electron chi connectivity index (χ0n) is 16.0. The summed E-state index contributed by atoms with van der Waals surface area (Å²) in [4.78, 5) is 12.6. The van der Waals surface area contributed by atoms with Crippen LogP contribution in [-0.4, -0.2) is 45.2 Å². The van der Waals surface area contributed by atoms with Crippen molar-refractivity contribution in [2.24, 2.45) is 5.92 Å². The molecule has 0 bridgehead atoms. The van der Waals surface area contributed by atoms with E-state index in [0.29, 0.717) is 0 Å². The van der Waals surface area contributed by atoms with Gasteiger partial charge in [-0.1, -0.05) is 0 Å². The number of alkyl halides is 5. The molecule has 170 valence electrons. The average Bonchev–Trinajstić information content (AvgIpc) is 2.94. The van der Waals surface area contributed by atoms with Crippen molar-refractivity contribution in [3.05, 3.63) is 48.2 Å². The predicted octanol–water partition coefficient (Wildman–Crippen LogP) is 3.80. The maximum atomic E-state index is 13.0. The van der Waals surface area contributed by atoms with Crippen LogP contribution < -0.4 is 9.64 Å². The lowest BCUT2D eigenvalue weighted by atomic mass is 9.99. The van der Waals surface area contributed by atoms with Crippen LogP contribution in [0.4, 0.5) is 27.6 Å². The van der Waals surface area contributed by atoms with Gasteiger partial charge in [0, 0.05) is 36.3 Å². The van der Waals surface area contributed by atoms with Crippen molar-refractivity contribution in [2.75, 3.05) is 18.0 Å². The molecule has 0 atom stereocenters. The second-order valence-electron chi connectivity index (χ2n) is 7.33. The Balaban J connectivity index is 1.80. The Morgan fingerprint density at radius 1 is 1.03 bits per heavy atom. The number of hydrogen-bond acceptors (Lipinski definition) is 5. The Kier molecular flexibility index (Phi) is 4.92. The van der Waals surface area contributed by atoms with E-state index in [2.05, 4.69) is 4.74 Å². The third kappa shape index (κ3) is 4.13. The van der Waals surface area contributed by atoms with Gasteiger partial charge in [-0.25, -0.2) is 0 Å². The van der Waals surface area contributed by atoms with E-state index in [4.69, 9.17) is 10.2 Å². The zero-order chi connectivity index (χ0) is 23.4. The maximum absolute atomic E-state index is 13.0. The quantitative estimate of drug-likeness (QED) is 0.398. The fourth-order valence-corrected chi connectivity index (χ4v) is 3.54. The van der Waals surface area contributed by atoms with Gasteiger partial charge in [0.05, 0.1) is 28.9 Å². The molecule has 0 amide bonds. The van der Waals surface area contributed by atoms with E-state index >= 15 is 0 Å². The number of fused-ring (bicyclic) bond motifs is 1. The van der Waals surface area contributed by atoms with Crippen LogP contribution in [0.2, 0.25) is 0 Å². The van der Waals surface area contributed by atoms with Crippen molar-refractivity contribution in [1.29, 1.82) is 0 Å². The second-order valence-corrected chi connectivity index (χ2v) is 7.33. The SMILES string of the molecule is O=C(O)C1CN(c2cc(OC(O)(F)F)cc(-n3cc(O)c4cc(C(F)(F)F)ccc43)c2)C1. The van der Waals surface area contributed by atoms with Crippen molar-refractivity contribution >= 4 is 22.6 Å². The smallest absolute Gasteiger partial charge is 0.506 e. The number of anilines is 1. The number of nitrogens with zero attached hydrogens (tertiary/aromatic N) is 2. The highest BCUT2D eigenvalue weighted by molar-refractivity contribution is 5.89. The van der Waals surface area contributed by atoms with E-state index < -0.39 is 41.4 Å². The summed E-state index contributed by atoms with van der Waals surface area (Å²) < 4.78 is 70.6. The van der Waals surface area contributed by atoms with E-state index in [1.54, 1.807) is 4.90 Å². The fourth-order valence-electron chi connectivity index (χ4n) is 3.54. The zero-order valence-corrected chi connectivity index (χ0v) is 16.0. The Morgan fingerprint density at radius 3 is 2.28 bits per heavy atom. The van der Waals surface area contributed by atoms with E-state index in [1.807, 2.05) is 0 Å². The number of aliphatic hydroxyl groups is 1. The molecule has 2 aromatic carbocycles. The van der Waals surface area contributed by atoms with Gasteiger partial charge >= 0.3 is 18.4 Å². The first kappa shape index (κ1) is 21.7. The highest BCUT2D eigenvalue weighted by Crippen LogP contribution is 2.38. The minimum Gasteiger partial charge on any atom is -0.506 e. The highest BCUT2D eigenvalue weighted by Gasteiger charge is 2.34. The number of aliphatic carboxylic acids is 1. The minimum atomic E-state index is -4.63. The number of carbonyl (C=O) groups is 1. The third-order valence-electron chi connectivity index (χ3n) is 5.10. The van der Waals surface area contributed by atoms with Crippen LogP contribution in [0.1, 0.15) is 5.56 Å². The van der Waals surface area contributed by atoms with Crippen molar-refractivity contribution in [3.8, 4) is 17.2 Å². The summed E-state index contributed by atoms with van der Waals surface area (Å²) in [6, 6.07) is 6.43. The molecule has 0 spiro atoms. The average molecular weight is 458 g/mol. The first-order chi connectivity index (χ1) is 14.8. The largest absolute Gasteiger partial charge is 0.532 e. The number of rotatable bonds is 5. The first-order valence-corrected chi connectivity index (χ1v) is 9.15. The molecule has 4 rings (SSSR count). The number of hydrogen-bond donors (Lipinski definition) is 3. The van der Waals surface area contributed by atoms with Crippen LogP contribution >= 0.6 is 0 Å². The van der Waals surface area contributed by atoms with Gasteiger partial charge in [-0.05, 0) is 24.3 Å². The van der Waals surface area contributed by atoms with Crippen LogP contribution in [0.15, 0.2) is 42.6 Å². The van der Waals surface area contributed by atoms with Crippen molar-refractivity contribution in [2.45, 2.75) is 12.5 Å². The van der Waals surface area contributed by atoms with Gasteiger partial charge in [-0.3, -0.25) is 4.79 Å². The number of aromatic hydroxyl groups is 1. The second kappa shape index (κ2) is 7.26. The van der Waals surface area contributed by atoms with Crippen LogP contribution in [0.25, 0.3) is 16.6 Å². The summed E-state index contributed by atoms with van der Waals surface area (Å²) in [5.74, 6) is -2.62. The normalized spacial score (nSPS) is 15.1. The Hall–Kier alpha value is -3.54. The van der Waals surface area contributed by atoms with Crippen LogP contribution in [0, 0.1) is 5.92 Å². The number of carboxylic acid groups (broad SMARTS) is 1. The van der Waals surface area contributed by atoms with E-state index in [-0.39, 0.29) is 35.4 Å². The van der Waals surface area contributed by atoms with Crippen LogP contribution in [0.5, 0.6) is 11.5 Å². The summed E-state index contributed by atoms with van der Waals surface area (Å²) in [5, 5.41) is 27.8. The van der Waals surface area contributed by atoms with Gasteiger partial charge < -0.3 is 29.5 Å². The number of carboxylic acids is 1. The van der Waals surface area contributed by atoms with Gasteiger partial charge in [-0.2, -0.15) is 13.2 Å². The summed E-state index contributed by atoms with van der Waals surface area (Å²) in [6.45, 7) is 0.195. The summed E-state index contributed by atoms with van der Waals surface area (Å²) >= 11 is 0. The van der Waals surface area contributed by atoms with Gasteiger partial charge in [-0.15, -0.1) is 8.78 Å². The topological polar surface area (TPSA) is 95.2 Å². The Morgan fingerprint density at radius 2 is 1.69 bits per heavy atom. The van der Waals surface area contributed by atoms with Crippen LogP contribution in [-0.2, 0) is 11.0 Å². The molecule has 1 saturated heterocycles. The van der Waals surface area contributed by atoms with E-state index in [0.717, 1.165) is 30.5 Å². The molecule has 0 unspecified atom stereocenters. The number of halogens is 5. The monoisotopic (exact) mass is 458 g/mol. The van der Waals surface area contributed by atoms with Gasteiger partial charge in [0.2, 0.25) is 0 Å². The molecule has 1 aliphatic rings. The number of ether oxygens (including phenoxy) is 1. The number of aromatic nitrogens is 1. The van der Waals surface area contributed by atoms with Crippen molar-refractivity contribution < 1.29 is 46.8 Å². The molecule has 1 fully saturated rings. The summed E-state index contributed by atoms with van der Waals surface area (Å²) in [6.07, 6.45) is -8.02. The maximum Gasteiger partial charge on any atom is 0.532 e. The predicted molar refractivity (Wildman–Crippen MR) is 101 cm³/mol. The first-order valence-electron chi connectivity index (χ1n) is 9.15. The summed E-state index contributed by atoms with van der Waals surface area (Å²) in [5.41, 5.74) is -0.407. The highest BCUT2D eigenvalue weighted by atomic mass is 19.4. The molecule has 1 aliphatic heterocycles. The molecule has 2 heterocycles. The fraction of sp³-hybridized carbons (Fsp3) is 0.250. The van der Waals surface area contributed by atoms with E-state index in [9.17, 15) is 31.9 Å². The molecule has 3 N–H and O–H groups in total. The van der Waals surface area contributed by atoms with Gasteiger partial charge in [0.25, 0.3) is 0 Å². The molecular weight excluding hydrogens is 443 g/mol. The molecule has 0 radical (unpaired) electrons. The standard InChI is InChI=1S/C20H15F5N2O5/c21-19(22,23)11-1-2-16-15(3-11)17(28)9-27(16)13-4-12(26-7-10(8-26)18(29)30)5-14(6-13)32-20(24,25)31/h1-6,9-10,28,31H,7-8H2,(H,29,30). The molecule has 32 heavy (non-hydrogen) atoms. The molecule has 0 aliphatic carbocycles. The third-order valence-corrected chi connectivity index (χ3v) is 5.10. The van der Waals surface area contributed by atoms with Crippen LogP contribution in [0.3, 0.4) is 0 Å². The van der Waals surface area contributed by atoms with Gasteiger partial charge in [0.1, 0.15) is 11.5 Å². The molecule has 3 aromatic rings. The molecular formula is C20H15F5N2O5. The Labute approximate surface area is 176 Å². The lowest BCUT2D eigenvalue weighted by Gasteiger charge is -2.39.